The summed E-state index contributed by atoms with van der Waals surface area (Å²) in [5.41, 5.74) is 1.11. The molecule has 1 aliphatic rings. The number of carboxylic acids is 1. The van der Waals surface area contributed by atoms with E-state index in [4.69, 9.17) is 9.84 Å². The van der Waals surface area contributed by atoms with Gasteiger partial charge in [0.15, 0.2) is 0 Å². The lowest BCUT2D eigenvalue weighted by atomic mass is 10.1. The fraction of sp³-hybridized carbons (Fsp3) is 0.467. The number of carboxylic acid groups (broad SMARTS) is 1. The molecule has 108 valence electrons. The zero-order valence-electron chi connectivity index (χ0n) is 11.5. The molecule has 0 aliphatic carbocycles. The van der Waals surface area contributed by atoms with Gasteiger partial charge in [-0.1, -0.05) is 12.1 Å². The van der Waals surface area contributed by atoms with Crippen LogP contribution in [-0.2, 0) is 9.59 Å². The molecule has 1 saturated heterocycles. The van der Waals surface area contributed by atoms with E-state index in [0.717, 1.165) is 11.3 Å². The lowest BCUT2D eigenvalue weighted by molar-refractivity contribution is -0.141. The van der Waals surface area contributed by atoms with Gasteiger partial charge >= 0.3 is 5.97 Å². The fourth-order valence-corrected chi connectivity index (χ4v) is 2.31. The maximum absolute atomic E-state index is 11.9. The topological polar surface area (TPSA) is 66.8 Å². The van der Waals surface area contributed by atoms with Crippen LogP contribution in [-0.4, -0.2) is 41.6 Å². The van der Waals surface area contributed by atoms with Crippen molar-refractivity contribution in [3.05, 3.63) is 29.8 Å². The molecule has 5 nitrogen and oxygen atoms in total. The Kier molecular flexibility index (Phi) is 4.61. The summed E-state index contributed by atoms with van der Waals surface area (Å²) in [6.45, 7) is 3.14. The molecule has 1 aromatic rings. The predicted octanol–water partition coefficient (Wildman–Crippen LogP) is 1.70. The number of hydrogen-bond donors (Lipinski definition) is 1. The molecule has 0 radical (unpaired) electrons. The summed E-state index contributed by atoms with van der Waals surface area (Å²) < 4.78 is 5.53. The molecule has 0 bridgehead atoms. The number of nitrogens with zero attached hydrogens (tertiary/aromatic N) is 1. The highest BCUT2D eigenvalue weighted by Crippen LogP contribution is 2.17. The number of likely N-dealkylation sites (tertiary alicyclic amines) is 1. The van der Waals surface area contributed by atoms with E-state index < -0.39 is 11.9 Å². The molecule has 1 heterocycles. The van der Waals surface area contributed by atoms with Crippen LogP contribution < -0.4 is 4.74 Å². The molecular formula is C15H19NO4. The van der Waals surface area contributed by atoms with Crippen molar-refractivity contribution < 1.29 is 19.4 Å². The van der Waals surface area contributed by atoms with Crippen LogP contribution in [0.25, 0.3) is 0 Å². The largest absolute Gasteiger partial charge is 0.493 e. The Morgan fingerprint density at radius 3 is 2.90 bits per heavy atom. The minimum Gasteiger partial charge on any atom is -0.493 e. The van der Waals surface area contributed by atoms with Gasteiger partial charge in [-0.15, -0.1) is 0 Å². The van der Waals surface area contributed by atoms with Gasteiger partial charge in [0, 0.05) is 13.1 Å². The molecule has 1 fully saturated rings. The van der Waals surface area contributed by atoms with Gasteiger partial charge in [-0.05, 0) is 31.0 Å². The highest BCUT2D eigenvalue weighted by Gasteiger charge is 2.30. The summed E-state index contributed by atoms with van der Waals surface area (Å²) in [6, 6.07) is 7.66. The molecule has 1 aromatic carbocycles. The van der Waals surface area contributed by atoms with Crippen LogP contribution >= 0.6 is 0 Å². The summed E-state index contributed by atoms with van der Waals surface area (Å²) in [5, 5.41) is 8.90. The van der Waals surface area contributed by atoms with E-state index >= 15 is 0 Å². The minimum absolute atomic E-state index is 0.0404. The molecular weight excluding hydrogens is 258 g/mol. The number of carbonyl (C=O) groups excluding carboxylic acids is 1. The van der Waals surface area contributed by atoms with Gasteiger partial charge in [0.25, 0.3) is 0 Å². The second kappa shape index (κ2) is 6.41. The van der Waals surface area contributed by atoms with Gasteiger partial charge in [0.2, 0.25) is 5.91 Å². The second-order valence-corrected chi connectivity index (χ2v) is 5.08. The summed E-state index contributed by atoms with van der Waals surface area (Å²) in [7, 11) is 0. The van der Waals surface area contributed by atoms with Crippen molar-refractivity contribution in [2.75, 3.05) is 19.7 Å². The number of ether oxygens (including phenoxy) is 1. The molecule has 2 rings (SSSR count). The van der Waals surface area contributed by atoms with Gasteiger partial charge in [0.05, 0.1) is 18.9 Å². The van der Waals surface area contributed by atoms with Crippen LogP contribution in [0, 0.1) is 12.8 Å². The Hall–Kier alpha value is -2.04. The highest BCUT2D eigenvalue weighted by atomic mass is 16.5. The number of aryl methyl sites for hydroxylation is 1. The number of carbonyl (C=O) groups is 2. The van der Waals surface area contributed by atoms with E-state index in [9.17, 15) is 9.59 Å². The third-order valence-electron chi connectivity index (χ3n) is 3.46. The third kappa shape index (κ3) is 3.73. The van der Waals surface area contributed by atoms with Crippen molar-refractivity contribution in [2.45, 2.75) is 19.8 Å². The minimum atomic E-state index is -0.823. The first-order valence-electron chi connectivity index (χ1n) is 6.76. The van der Waals surface area contributed by atoms with Crippen LogP contribution in [0.4, 0.5) is 0 Å². The Labute approximate surface area is 118 Å². The Bertz CT molecular complexity index is 500. The van der Waals surface area contributed by atoms with Crippen molar-refractivity contribution in [1.29, 1.82) is 0 Å². The molecule has 5 heteroatoms. The quantitative estimate of drug-likeness (QED) is 0.889. The Morgan fingerprint density at radius 2 is 2.25 bits per heavy atom. The molecule has 0 saturated carbocycles. The van der Waals surface area contributed by atoms with Gasteiger partial charge in [-0.3, -0.25) is 9.59 Å². The SMILES string of the molecule is Cc1cccc(OCCC(=O)N2CCC(C(=O)O)C2)c1. The lowest BCUT2D eigenvalue weighted by Gasteiger charge is -2.16. The molecule has 1 amide bonds. The van der Waals surface area contributed by atoms with Gasteiger partial charge in [0.1, 0.15) is 5.75 Å². The van der Waals surface area contributed by atoms with Crippen LogP contribution in [0.15, 0.2) is 24.3 Å². The zero-order valence-corrected chi connectivity index (χ0v) is 11.5. The highest BCUT2D eigenvalue weighted by molar-refractivity contribution is 5.78. The molecule has 1 atom stereocenters. The number of rotatable bonds is 5. The van der Waals surface area contributed by atoms with E-state index in [2.05, 4.69) is 0 Å². The first-order valence-corrected chi connectivity index (χ1v) is 6.76. The number of amides is 1. The summed E-state index contributed by atoms with van der Waals surface area (Å²) in [4.78, 5) is 24.4. The van der Waals surface area contributed by atoms with Crippen molar-refractivity contribution >= 4 is 11.9 Å². The Morgan fingerprint density at radius 1 is 1.45 bits per heavy atom. The smallest absolute Gasteiger partial charge is 0.308 e. The van der Waals surface area contributed by atoms with Gasteiger partial charge in [-0.2, -0.15) is 0 Å². The monoisotopic (exact) mass is 277 g/mol. The summed E-state index contributed by atoms with van der Waals surface area (Å²) in [5.74, 6) is -0.531. The molecule has 0 spiro atoms. The number of aliphatic carboxylic acids is 1. The normalized spacial score (nSPS) is 18.1. The number of benzene rings is 1. The van der Waals surface area contributed by atoms with E-state index in [1.807, 2.05) is 31.2 Å². The predicted molar refractivity (Wildman–Crippen MR) is 73.6 cm³/mol. The Balaban J connectivity index is 1.75. The summed E-state index contributed by atoms with van der Waals surface area (Å²) >= 11 is 0. The number of hydrogen-bond acceptors (Lipinski definition) is 3. The van der Waals surface area contributed by atoms with Crippen molar-refractivity contribution in [2.24, 2.45) is 5.92 Å². The van der Waals surface area contributed by atoms with Crippen LogP contribution in [0.2, 0.25) is 0 Å². The first kappa shape index (κ1) is 14.4. The van der Waals surface area contributed by atoms with E-state index in [1.165, 1.54) is 0 Å². The van der Waals surface area contributed by atoms with Gasteiger partial charge in [-0.25, -0.2) is 0 Å². The molecule has 20 heavy (non-hydrogen) atoms. The van der Waals surface area contributed by atoms with Crippen LogP contribution in [0.1, 0.15) is 18.4 Å². The second-order valence-electron chi connectivity index (χ2n) is 5.08. The molecule has 1 aliphatic heterocycles. The summed E-state index contributed by atoms with van der Waals surface area (Å²) in [6.07, 6.45) is 0.820. The average Bonchev–Trinajstić information content (AvgIpc) is 2.88. The van der Waals surface area contributed by atoms with Crippen LogP contribution in [0.3, 0.4) is 0 Å². The van der Waals surface area contributed by atoms with E-state index in [0.29, 0.717) is 26.1 Å². The lowest BCUT2D eigenvalue weighted by Crippen LogP contribution is -2.30. The maximum Gasteiger partial charge on any atom is 0.308 e. The van der Waals surface area contributed by atoms with E-state index in [1.54, 1.807) is 4.90 Å². The van der Waals surface area contributed by atoms with Crippen molar-refractivity contribution in [1.82, 2.24) is 4.90 Å². The van der Waals surface area contributed by atoms with E-state index in [-0.39, 0.29) is 12.3 Å². The van der Waals surface area contributed by atoms with Crippen molar-refractivity contribution in [3.8, 4) is 5.75 Å². The third-order valence-corrected chi connectivity index (χ3v) is 3.46. The first-order chi connectivity index (χ1) is 9.56. The molecule has 0 aromatic heterocycles. The fourth-order valence-electron chi connectivity index (χ4n) is 2.31. The standard InChI is InChI=1S/C15H19NO4/c1-11-3-2-4-13(9-11)20-8-6-14(17)16-7-5-12(10-16)15(18)19/h2-4,9,12H,5-8,10H2,1H3,(H,18,19). The van der Waals surface area contributed by atoms with Crippen LogP contribution in [0.5, 0.6) is 5.75 Å². The molecule has 1 N–H and O–H groups in total. The maximum atomic E-state index is 11.9. The molecule has 1 unspecified atom stereocenters. The van der Waals surface area contributed by atoms with Gasteiger partial charge < -0.3 is 14.7 Å². The average molecular weight is 277 g/mol. The zero-order chi connectivity index (χ0) is 14.5. The van der Waals surface area contributed by atoms with Crippen molar-refractivity contribution in [3.63, 3.8) is 0 Å².